The first-order valence-electron chi connectivity index (χ1n) is 6.97. The second-order valence-corrected chi connectivity index (χ2v) is 6.05. The van der Waals surface area contributed by atoms with Crippen LogP contribution in [0.25, 0.3) is 0 Å². The van der Waals surface area contributed by atoms with E-state index in [0.717, 1.165) is 29.2 Å². The van der Waals surface area contributed by atoms with Crippen molar-refractivity contribution >= 4 is 15.9 Å². The zero-order valence-electron chi connectivity index (χ0n) is 11.7. The number of nitrogens with zero attached hydrogens (tertiary/aromatic N) is 1. The number of nitrogens with two attached hydrogens (primary N) is 1. The first-order chi connectivity index (χ1) is 9.19. The van der Waals surface area contributed by atoms with E-state index in [4.69, 9.17) is 10.5 Å². The molecule has 0 aromatic heterocycles. The molecular weight excluding hydrogens is 304 g/mol. The lowest BCUT2D eigenvalue weighted by molar-refractivity contribution is 0.239. The summed E-state index contributed by atoms with van der Waals surface area (Å²) in [5.74, 6) is 1.71. The van der Waals surface area contributed by atoms with E-state index in [9.17, 15) is 0 Å². The monoisotopic (exact) mass is 326 g/mol. The van der Waals surface area contributed by atoms with Crippen molar-refractivity contribution in [1.82, 2.24) is 4.90 Å². The molecular formula is C15H23BrN2O. The van der Waals surface area contributed by atoms with Crippen molar-refractivity contribution in [3.8, 4) is 5.75 Å². The zero-order valence-corrected chi connectivity index (χ0v) is 13.3. The van der Waals surface area contributed by atoms with E-state index in [1.165, 1.54) is 18.4 Å². The quantitative estimate of drug-likeness (QED) is 0.903. The fourth-order valence-electron chi connectivity index (χ4n) is 2.86. The van der Waals surface area contributed by atoms with E-state index in [1.807, 2.05) is 12.1 Å². The van der Waals surface area contributed by atoms with Crippen molar-refractivity contribution in [1.29, 1.82) is 0 Å². The van der Waals surface area contributed by atoms with E-state index in [1.54, 1.807) is 7.11 Å². The average molecular weight is 327 g/mol. The number of rotatable bonds is 5. The summed E-state index contributed by atoms with van der Waals surface area (Å²) < 4.78 is 6.44. The fraction of sp³-hybridized carbons (Fsp3) is 0.600. The van der Waals surface area contributed by atoms with E-state index >= 15 is 0 Å². The van der Waals surface area contributed by atoms with Gasteiger partial charge in [0.1, 0.15) is 5.75 Å². The van der Waals surface area contributed by atoms with Crippen LogP contribution in [0.2, 0.25) is 0 Å². The summed E-state index contributed by atoms with van der Waals surface area (Å²) in [5.41, 5.74) is 7.26. The molecule has 1 aliphatic heterocycles. The second-order valence-electron chi connectivity index (χ2n) is 5.20. The third-order valence-electron chi connectivity index (χ3n) is 4.12. The third-order valence-corrected chi connectivity index (χ3v) is 4.84. The highest BCUT2D eigenvalue weighted by molar-refractivity contribution is 9.10. The molecule has 1 aromatic rings. The molecule has 1 aliphatic rings. The van der Waals surface area contributed by atoms with Gasteiger partial charge in [0, 0.05) is 23.6 Å². The average Bonchev–Trinajstić information content (AvgIpc) is 2.90. The Bertz CT molecular complexity index is 425. The van der Waals surface area contributed by atoms with Gasteiger partial charge in [-0.1, -0.05) is 29.3 Å². The largest absolute Gasteiger partial charge is 0.497 e. The molecule has 0 radical (unpaired) electrons. The van der Waals surface area contributed by atoms with Gasteiger partial charge in [-0.05, 0) is 42.6 Å². The number of benzene rings is 1. The number of ether oxygens (including phenoxy) is 1. The number of methoxy groups -OCH3 is 1. The van der Waals surface area contributed by atoms with Crippen LogP contribution in [0.15, 0.2) is 22.7 Å². The summed E-state index contributed by atoms with van der Waals surface area (Å²) >= 11 is 3.64. The minimum Gasteiger partial charge on any atom is -0.497 e. The van der Waals surface area contributed by atoms with E-state index in [0.29, 0.717) is 6.54 Å². The van der Waals surface area contributed by atoms with Crippen molar-refractivity contribution in [2.45, 2.75) is 25.8 Å². The van der Waals surface area contributed by atoms with Crippen molar-refractivity contribution < 1.29 is 4.74 Å². The van der Waals surface area contributed by atoms with Crippen LogP contribution in [0.5, 0.6) is 5.75 Å². The van der Waals surface area contributed by atoms with Gasteiger partial charge in [0.2, 0.25) is 0 Å². The van der Waals surface area contributed by atoms with Gasteiger partial charge >= 0.3 is 0 Å². The molecule has 106 valence electrons. The minimum absolute atomic E-state index is 0.279. The van der Waals surface area contributed by atoms with Crippen LogP contribution < -0.4 is 10.5 Å². The SMILES string of the molecule is CCC1CCN(C(CN)c2cc(OC)ccc2Br)C1. The summed E-state index contributed by atoms with van der Waals surface area (Å²) in [5, 5.41) is 0. The Morgan fingerprint density at radius 3 is 2.89 bits per heavy atom. The minimum atomic E-state index is 0.279. The first-order valence-corrected chi connectivity index (χ1v) is 7.76. The summed E-state index contributed by atoms with van der Waals surface area (Å²) in [6.07, 6.45) is 2.54. The topological polar surface area (TPSA) is 38.5 Å². The smallest absolute Gasteiger partial charge is 0.119 e. The molecule has 0 saturated carbocycles. The molecule has 1 aromatic carbocycles. The predicted molar refractivity (Wildman–Crippen MR) is 82.5 cm³/mol. The molecule has 1 heterocycles. The van der Waals surface area contributed by atoms with Crippen molar-refractivity contribution in [2.24, 2.45) is 11.7 Å². The second kappa shape index (κ2) is 6.73. The normalized spacial score (nSPS) is 21.6. The summed E-state index contributed by atoms with van der Waals surface area (Å²) in [6.45, 7) is 5.21. The maximum absolute atomic E-state index is 6.03. The van der Waals surface area contributed by atoms with E-state index in [2.05, 4.69) is 33.8 Å². The lowest BCUT2D eigenvalue weighted by Crippen LogP contribution is -2.32. The molecule has 1 fully saturated rings. The van der Waals surface area contributed by atoms with Crippen LogP contribution in [-0.4, -0.2) is 31.6 Å². The predicted octanol–water partition coefficient (Wildman–Crippen LogP) is 3.19. The van der Waals surface area contributed by atoms with Gasteiger partial charge in [0.15, 0.2) is 0 Å². The standard InChI is InChI=1S/C15H23BrN2O/c1-3-11-6-7-18(10-11)15(9-17)13-8-12(19-2)4-5-14(13)16/h4-5,8,11,15H,3,6-7,9-10,17H2,1-2H3. The Balaban J connectivity index is 2.22. The Labute approximate surface area is 124 Å². The molecule has 2 N–H and O–H groups in total. The summed E-state index contributed by atoms with van der Waals surface area (Å²) in [7, 11) is 1.70. The van der Waals surface area contributed by atoms with E-state index < -0.39 is 0 Å². The van der Waals surface area contributed by atoms with Gasteiger partial charge < -0.3 is 10.5 Å². The number of halogens is 1. The number of hydrogen-bond acceptors (Lipinski definition) is 3. The summed E-state index contributed by atoms with van der Waals surface area (Å²) in [4.78, 5) is 2.51. The van der Waals surface area contributed by atoms with Gasteiger partial charge in [-0.2, -0.15) is 0 Å². The third kappa shape index (κ3) is 3.30. The van der Waals surface area contributed by atoms with Gasteiger partial charge in [-0.25, -0.2) is 0 Å². The van der Waals surface area contributed by atoms with Crippen LogP contribution in [-0.2, 0) is 0 Å². The van der Waals surface area contributed by atoms with Gasteiger partial charge in [0.25, 0.3) is 0 Å². The highest BCUT2D eigenvalue weighted by atomic mass is 79.9. The van der Waals surface area contributed by atoms with Crippen LogP contribution in [0, 0.1) is 5.92 Å². The highest BCUT2D eigenvalue weighted by Gasteiger charge is 2.28. The Morgan fingerprint density at radius 1 is 1.53 bits per heavy atom. The molecule has 0 amide bonds. The Kier molecular flexibility index (Phi) is 5.25. The molecule has 4 heteroatoms. The summed E-state index contributed by atoms with van der Waals surface area (Å²) in [6, 6.07) is 6.39. The van der Waals surface area contributed by atoms with Crippen LogP contribution in [0.3, 0.4) is 0 Å². The molecule has 0 spiro atoms. The molecule has 2 rings (SSSR count). The van der Waals surface area contributed by atoms with E-state index in [-0.39, 0.29) is 6.04 Å². The van der Waals surface area contributed by atoms with Gasteiger partial charge in [0.05, 0.1) is 7.11 Å². The zero-order chi connectivity index (χ0) is 13.8. The van der Waals surface area contributed by atoms with Crippen LogP contribution in [0.1, 0.15) is 31.4 Å². The molecule has 2 unspecified atom stereocenters. The molecule has 2 atom stereocenters. The van der Waals surface area contributed by atoms with Crippen LogP contribution in [0.4, 0.5) is 0 Å². The maximum atomic E-state index is 6.03. The number of likely N-dealkylation sites (tertiary alicyclic amines) is 1. The molecule has 19 heavy (non-hydrogen) atoms. The Hall–Kier alpha value is -0.580. The van der Waals surface area contributed by atoms with Gasteiger partial charge in [-0.3, -0.25) is 4.90 Å². The first kappa shape index (κ1) is 14.8. The fourth-order valence-corrected chi connectivity index (χ4v) is 3.37. The van der Waals surface area contributed by atoms with Crippen molar-refractivity contribution in [3.63, 3.8) is 0 Å². The molecule has 3 nitrogen and oxygen atoms in total. The highest BCUT2D eigenvalue weighted by Crippen LogP contribution is 2.34. The number of hydrogen-bond donors (Lipinski definition) is 1. The lowest BCUT2D eigenvalue weighted by atomic mass is 10.0. The van der Waals surface area contributed by atoms with Crippen molar-refractivity contribution in [2.75, 3.05) is 26.7 Å². The van der Waals surface area contributed by atoms with Crippen LogP contribution >= 0.6 is 15.9 Å². The molecule has 1 saturated heterocycles. The maximum Gasteiger partial charge on any atom is 0.119 e. The molecule has 0 aliphatic carbocycles. The lowest BCUT2D eigenvalue weighted by Gasteiger charge is -2.28. The molecule has 0 bridgehead atoms. The van der Waals surface area contributed by atoms with Gasteiger partial charge in [-0.15, -0.1) is 0 Å². The Morgan fingerprint density at radius 2 is 2.32 bits per heavy atom. The van der Waals surface area contributed by atoms with Crippen molar-refractivity contribution in [3.05, 3.63) is 28.2 Å².